The zero-order valence-electron chi connectivity index (χ0n) is 21.3. The zero-order chi connectivity index (χ0) is 27.8. The smallest absolute Gasteiger partial charge is 0.269 e. The van der Waals surface area contributed by atoms with Crippen molar-refractivity contribution in [3.05, 3.63) is 106 Å². The van der Waals surface area contributed by atoms with E-state index in [1.54, 1.807) is 0 Å². The summed E-state index contributed by atoms with van der Waals surface area (Å²) in [6.45, 7) is 0. The van der Waals surface area contributed by atoms with Crippen LogP contribution in [0.2, 0.25) is 0 Å². The number of non-ortho nitro benzene ring substituents is 1. The summed E-state index contributed by atoms with van der Waals surface area (Å²) in [6.07, 6.45) is 3.07. The van der Waals surface area contributed by atoms with Crippen molar-refractivity contribution >= 4 is 45.7 Å². The van der Waals surface area contributed by atoms with E-state index >= 15 is 0 Å². The maximum Gasteiger partial charge on any atom is 0.269 e. The van der Waals surface area contributed by atoms with Crippen LogP contribution < -0.4 is 15.5 Å². The summed E-state index contributed by atoms with van der Waals surface area (Å²) >= 11 is 1.24. The third-order valence-corrected chi connectivity index (χ3v) is 6.62. The average Bonchev–Trinajstić information content (AvgIpc) is 3.40. The minimum absolute atomic E-state index is 0.0402. The third-order valence-electron chi connectivity index (χ3n) is 5.73. The predicted molar refractivity (Wildman–Crippen MR) is 153 cm³/mol. The summed E-state index contributed by atoms with van der Waals surface area (Å²) in [4.78, 5) is 38.2. The van der Waals surface area contributed by atoms with Crippen LogP contribution in [0.3, 0.4) is 0 Å². The Bertz CT molecular complexity index is 1470. The van der Waals surface area contributed by atoms with E-state index in [4.69, 9.17) is 0 Å². The lowest BCUT2D eigenvalue weighted by atomic mass is 10.1. The molecule has 0 fully saturated rings. The summed E-state index contributed by atoms with van der Waals surface area (Å²) in [6, 6.07) is 22.1. The van der Waals surface area contributed by atoms with Crippen molar-refractivity contribution < 1.29 is 14.5 Å². The number of hydrogen-bond acceptors (Lipinski definition) is 8. The van der Waals surface area contributed by atoms with Crippen LogP contribution in [-0.2, 0) is 16.0 Å². The molecule has 198 valence electrons. The highest BCUT2D eigenvalue weighted by atomic mass is 32.1. The van der Waals surface area contributed by atoms with E-state index in [2.05, 4.69) is 20.8 Å². The van der Waals surface area contributed by atoms with Crippen molar-refractivity contribution in [2.24, 2.45) is 0 Å². The van der Waals surface area contributed by atoms with Crippen molar-refractivity contribution in [1.82, 2.24) is 15.5 Å². The van der Waals surface area contributed by atoms with Gasteiger partial charge in [-0.05, 0) is 53.6 Å². The molecule has 0 radical (unpaired) electrons. The van der Waals surface area contributed by atoms with E-state index in [1.165, 1.54) is 47.8 Å². The molecule has 1 atom stereocenters. The number of nitrogens with one attached hydrogen (secondary N) is 2. The van der Waals surface area contributed by atoms with E-state index in [-0.39, 0.29) is 12.1 Å². The van der Waals surface area contributed by atoms with Gasteiger partial charge in [-0.25, -0.2) is 0 Å². The number of hydrogen-bond donors (Lipinski definition) is 2. The second-order valence-electron chi connectivity index (χ2n) is 8.78. The molecule has 10 nitrogen and oxygen atoms in total. The summed E-state index contributed by atoms with van der Waals surface area (Å²) in [5.74, 6) is -0.912. The maximum atomic E-state index is 13.2. The summed E-state index contributed by atoms with van der Waals surface area (Å²) in [7, 11) is 3.92. The highest BCUT2D eigenvalue weighted by molar-refractivity contribution is 7.18. The van der Waals surface area contributed by atoms with Crippen LogP contribution in [0.1, 0.15) is 11.1 Å². The molecule has 0 saturated heterocycles. The predicted octanol–water partition coefficient (Wildman–Crippen LogP) is 4.56. The highest BCUT2D eigenvalue weighted by Gasteiger charge is 2.22. The van der Waals surface area contributed by atoms with Crippen molar-refractivity contribution in [1.29, 1.82) is 0 Å². The van der Waals surface area contributed by atoms with E-state index < -0.39 is 22.8 Å². The van der Waals surface area contributed by atoms with E-state index in [0.717, 1.165) is 16.8 Å². The standard InChI is InChI=1S/C28H26N6O4S/c1-33(2)22-15-11-21(12-16-22)27-31-32-28(39-27)30-26(36)24(18-20-6-4-3-5-7-20)29-25(35)17-10-19-8-13-23(14-9-19)34(37)38/h3-17,24H,18H2,1-2H3,(H,29,35)(H,30,32,36). The normalized spacial score (nSPS) is 11.6. The largest absolute Gasteiger partial charge is 0.378 e. The Hall–Kier alpha value is -4.90. The molecule has 3 aromatic carbocycles. The molecule has 1 aromatic heterocycles. The number of anilines is 2. The molecule has 1 heterocycles. The van der Waals surface area contributed by atoms with Gasteiger partial charge in [0.05, 0.1) is 4.92 Å². The molecule has 39 heavy (non-hydrogen) atoms. The van der Waals surface area contributed by atoms with Crippen LogP contribution in [0.25, 0.3) is 16.6 Å². The van der Waals surface area contributed by atoms with Crippen LogP contribution in [0.15, 0.2) is 84.9 Å². The lowest BCUT2D eigenvalue weighted by Crippen LogP contribution is -2.44. The van der Waals surface area contributed by atoms with E-state index in [0.29, 0.717) is 15.7 Å². The second-order valence-corrected chi connectivity index (χ2v) is 9.75. The zero-order valence-corrected chi connectivity index (χ0v) is 22.1. The Kier molecular flexibility index (Phi) is 8.75. The van der Waals surface area contributed by atoms with Crippen LogP contribution in [-0.4, -0.2) is 47.1 Å². The lowest BCUT2D eigenvalue weighted by Gasteiger charge is -2.17. The molecule has 0 aliphatic carbocycles. The first-order valence-corrected chi connectivity index (χ1v) is 12.8. The molecular weight excluding hydrogens is 516 g/mol. The van der Waals surface area contributed by atoms with Gasteiger partial charge in [0.25, 0.3) is 5.69 Å². The maximum absolute atomic E-state index is 13.2. The fourth-order valence-electron chi connectivity index (χ4n) is 3.64. The Balaban J connectivity index is 1.45. The summed E-state index contributed by atoms with van der Waals surface area (Å²) in [5.41, 5.74) is 3.38. The monoisotopic (exact) mass is 542 g/mol. The third kappa shape index (κ3) is 7.55. The Morgan fingerprint density at radius 2 is 1.69 bits per heavy atom. The number of amides is 2. The number of benzene rings is 3. The minimum Gasteiger partial charge on any atom is -0.378 e. The van der Waals surface area contributed by atoms with Crippen molar-refractivity contribution in [2.75, 3.05) is 24.3 Å². The first-order valence-electron chi connectivity index (χ1n) is 12.0. The van der Waals surface area contributed by atoms with Crippen LogP contribution in [0.5, 0.6) is 0 Å². The summed E-state index contributed by atoms with van der Waals surface area (Å²) in [5, 5.41) is 25.6. The molecule has 11 heteroatoms. The number of nitro benzene ring substituents is 1. The van der Waals surface area contributed by atoms with Crippen molar-refractivity contribution in [3.8, 4) is 10.6 Å². The average molecular weight is 543 g/mol. The molecule has 4 aromatic rings. The van der Waals surface area contributed by atoms with Gasteiger partial charge in [-0.15, -0.1) is 10.2 Å². The van der Waals surface area contributed by atoms with Crippen LogP contribution >= 0.6 is 11.3 Å². The number of carbonyl (C=O) groups excluding carboxylic acids is 2. The lowest BCUT2D eigenvalue weighted by molar-refractivity contribution is -0.384. The van der Waals surface area contributed by atoms with Gasteiger partial charge in [-0.2, -0.15) is 0 Å². The first-order chi connectivity index (χ1) is 18.8. The minimum atomic E-state index is -0.881. The van der Waals surface area contributed by atoms with E-state index in [1.807, 2.05) is 73.6 Å². The molecule has 4 rings (SSSR count). The van der Waals surface area contributed by atoms with Gasteiger partial charge < -0.3 is 10.2 Å². The molecular formula is C28H26N6O4S. The SMILES string of the molecule is CN(C)c1ccc(-c2nnc(NC(=O)C(Cc3ccccc3)NC(=O)C=Cc3ccc([N+](=O)[O-])cc3)s2)cc1. The van der Waals surface area contributed by atoms with Gasteiger partial charge in [0.2, 0.25) is 16.9 Å². The molecule has 1 unspecified atom stereocenters. The molecule has 0 aliphatic rings. The molecule has 0 bridgehead atoms. The van der Waals surface area contributed by atoms with E-state index in [9.17, 15) is 19.7 Å². The fraction of sp³-hybridized carbons (Fsp3) is 0.143. The van der Waals surface area contributed by atoms with Gasteiger partial charge in [-0.3, -0.25) is 25.0 Å². The van der Waals surface area contributed by atoms with Crippen molar-refractivity contribution in [3.63, 3.8) is 0 Å². The molecule has 0 saturated carbocycles. The Morgan fingerprint density at radius 1 is 1.00 bits per heavy atom. The number of nitrogens with zero attached hydrogens (tertiary/aromatic N) is 4. The van der Waals surface area contributed by atoms with Crippen LogP contribution in [0.4, 0.5) is 16.5 Å². The molecule has 2 N–H and O–H groups in total. The Morgan fingerprint density at radius 3 is 2.33 bits per heavy atom. The highest BCUT2D eigenvalue weighted by Crippen LogP contribution is 2.28. The first kappa shape index (κ1) is 27.1. The number of carbonyl (C=O) groups is 2. The number of rotatable bonds is 10. The van der Waals surface area contributed by atoms with Gasteiger partial charge in [0, 0.05) is 50.0 Å². The molecule has 0 aliphatic heterocycles. The Labute approximate surface area is 229 Å². The quantitative estimate of drug-likeness (QED) is 0.171. The number of nitro groups is 1. The molecule has 2 amide bonds. The number of aromatic nitrogens is 2. The van der Waals surface area contributed by atoms with Gasteiger partial charge in [-0.1, -0.05) is 41.7 Å². The van der Waals surface area contributed by atoms with Crippen LogP contribution in [0, 0.1) is 10.1 Å². The van der Waals surface area contributed by atoms with Crippen molar-refractivity contribution in [2.45, 2.75) is 12.5 Å². The topological polar surface area (TPSA) is 130 Å². The molecule has 0 spiro atoms. The second kappa shape index (κ2) is 12.6. The summed E-state index contributed by atoms with van der Waals surface area (Å²) < 4.78 is 0. The van der Waals surface area contributed by atoms with Gasteiger partial charge in [0.15, 0.2) is 0 Å². The van der Waals surface area contributed by atoms with Gasteiger partial charge in [0.1, 0.15) is 11.0 Å². The van der Waals surface area contributed by atoms with Gasteiger partial charge >= 0.3 is 0 Å². The fourth-order valence-corrected chi connectivity index (χ4v) is 4.40.